The standard InChI is InChI=1S/C19H22N2O2S/c22-17-11-21(10-14(17)9-15-6-3-4-8-20-15)19(23)18-16-7-2-1-5-13(16)12-24-18/h3-4,6,8,12,14,17,22H,1-2,5,7,9-11H2/t14-,17-/m1/s1. The van der Waals surface area contributed by atoms with Crippen LogP contribution in [-0.4, -0.2) is 40.1 Å². The van der Waals surface area contributed by atoms with Gasteiger partial charge in [-0.2, -0.15) is 0 Å². The molecule has 2 aromatic heterocycles. The molecule has 4 rings (SSSR count). The molecule has 1 N–H and O–H groups in total. The minimum atomic E-state index is -0.466. The predicted octanol–water partition coefficient (Wildman–Crippen LogP) is 2.70. The van der Waals surface area contributed by atoms with E-state index in [4.69, 9.17) is 0 Å². The van der Waals surface area contributed by atoms with Crippen molar-refractivity contribution in [1.29, 1.82) is 0 Å². The van der Waals surface area contributed by atoms with Crippen LogP contribution in [0, 0.1) is 5.92 Å². The van der Waals surface area contributed by atoms with Crippen molar-refractivity contribution in [2.75, 3.05) is 13.1 Å². The highest BCUT2D eigenvalue weighted by Gasteiger charge is 2.36. The first-order valence-electron chi connectivity index (χ1n) is 8.69. The number of aliphatic hydroxyl groups excluding tert-OH is 1. The second-order valence-electron chi connectivity index (χ2n) is 6.84. The van der Waals surface area contributed by atoms with Gasteiger partial charge in [-0.3, -0.25) is 9.78 Å². The molecule has 5 heteroatoms. The Morgan fingerprint density at radius 2 is 2.17 bits per heavy atom. The summed E-state index contributed by atoms with van der Waals surface area (Å²) in [5, 5.41) is 12.5. The maximum Gasteiger partial charge on any atom is 0.264 e. The SMILES string of the molecule is O=C(c1scc2c1CCCC2)N1C[C@@H](Cc2ccccn2)[C@H](O)C1. The van der Waals surface area contributed by atoms with Crippen molar-refractivity contribution in [3.05, 3.63) is 51.5 Å². The van der Waals surface area contributed by atoms with Crippen LogP contribution < -0.4 is 0 Å². The number of carbonyl (C=O) groups is 1. The summed E-state index contributed by atoms with van der Waals surface area (Å²) in [5.41, 5.74) is 3.60. The molecule has 4 nitrogen and oxygen atoms in total. The lowest BCUT2D eigenvalue weighted by molar-refractivity contribution is 0.0768. The summed E-state index contributed by atoms with van der Waals surface area (Å²) < 4.78 is 0. The number of fused-ring (bicyclic) bond motifs is 1. The van der Waals surface area contributed by atoms with E-state index in [-0.39, 0.29) is 11.8 Å². The molecule has 1 saturated heterocycles. The summed E-state index contributed by atoms with van der Waals surface area (Å²) in [7, 11) is 0. The molecule has 3 heterocycles. The third-order valence-electron chi connectivity index (χ3n) is 5.19. The maximum absolute atomic E-state index is 12.9. The molecule has 0 aromatic carbocycles. The first-order chi connectivity index (χ1) is 11.7. The van der Waals surface area contributed by atoms with E-state index in [0.717, 1.165) is 23.4 Å². The van der Waals surface area contributed by atoms with Gasteiger partial charge in [-0.15, -0.1) is 11.3 Å². The number of carbonyl (C=O) groups excluding carboxylic acids is 1. The van der Waals surface area contributed by atoms with Gasteiger partial charge >= 0.3 is 0 Å². The van der Waals surface area contributed by atoms with Crippen LogP contribution in [0.5, 0.6) is 0 Å². The number of aromatic nitrogens is 1. The Labute approximate surface area is 146 Å². The highest BCUT2D eigenvalue weighted by atomic mass is 32.1. The van der Waals surface area contributed by atoms with Gasteiger partial charge in [0.1, 0.15) is 0 Å². The molecule has 0 spiro atoms. The Morgan fingerprint density at radius 3 is 3.00 bits per heavy atom. The number of rotatable bonds is 3. The molecule has 24 heavy (non-hydrogen) atoms. The molecule has 1 aliphatic carbocycles. The Hall–Kier alpha value is -1.72. The van der Waals surface area contributed by atoms with Crippen molar-refractivity contribution in [1.82, 2.24) is 9.88 Å². The smallest absolute Gasteiger partial charge is 0.264 e. The summed E-state index contributed by atoms with van der Waals surface area (Å²) in [5.74, 6) is 0.172. The number of amides is 1. The molecule has 2 aromatic rings. The molecule has 2 atom stereocenters. The lowest BCUT2D eigenvalue weighted by atomic mass is 9.93. The molecular formula is C19H22N2O2S. The van der Waals surface area contributed by atoms with Crippen LogP contribution in [0.4, 0.5) is 0 Å². The third-order valence-corrected chi connectivity index (χ3v) is 6.25. The van der Waals surface area contributed by atoms with E-state index in [1.165, 1.54) is 24.0 Å². The van der Waals surface area contributed by atoms with Crippen molar-refractivity contribution in [3.8, 4) is 0 Å². The van der Waals surface area contributed by atoms with E-state index in [1.54, 1.807) is 17.5 Å². The fourth-order valence-electron chi connectivity index (χ4n) is 3.85. The van der Waals surface area contributed by atoms with E-state index in [9.17, 15) is 9.90 Å². The molecule has 1 amide bonds. The normalized spacial score (nSPS) is 23.3. The lowest BCUT2D eigenvalue weighted by Gasteiger charge is -2.18. The van der Waals surface area contributed by atoms with Crippen LogP contribution in [0.3, 0.4) is 0 Å². The quantitative estimate of drug-likeness (QED) is 0.933. The van der Waals surface area contributed by atoms with Gasteiger partial charge in [-0.05, 0) is 60.7 Å². The highest BCUT2D eigenvalue weighted by molar-refractivity contribution is 7.12. The van der Waals surface area contributed by atoms with Crippen molar-refractivity contribution >= 4 is 17.2 Å². The molecular weight excluding hydrogens is 320 g/mol. The molecule has 0 saturated carbocycles. The first-order valence-corrected chi connectivity index (χ1v) is 9.57. The van der Waals surface area contributed by atoms with Gasteiger partial charge < -0.3 is 10.0 Å². The number of thiophene rings is 1. The van der Waals surface area contributed by atoms with Crippen molar-refractivity contribution in [3.63, 3.8) is 0 Å². The molecule has 126 valence electrons. The summed E-state index contributed by atoms with van der Waals surface area (Å²) in [6.45, 7) is 1.05. The number of pyridine rings is 1. The summed E-state index contributed by atoms with van der Waals surface area (Å²) in [6.07, 6.45) is 6.55. The molecule has 1 aliphatic heterocycles. The number of nitrogens with zero attached hydrogens (tertiary/aromatic N) is 2. The minimum Gasteiger partial charge on any atom is -0.391 e. The Balaban J connectivity index is 1.47. The molecule has 1 fully saturated rings. The Morgan fingerprint density at radius 1 is 1.29 bits per heavy atom. The third kappa shape index (κ3) is 2.98. The summed E-state index contributed by atoms with van der Waals surface area (Å²) in [4.78, 5) is 20.0. The predicted molar refractivity (Wildman–Crippen MR) is 94.3 cm³/mol. The Bertz CT molecular complexity index is 728. The van der Waals surface area contributed by atoms with Crippen LogP contribution in [0.1, 0.15) is 39.3 Å². The van der Waals surface area contributed by atoms with Crippen LogP contribution >= 0.6 is 11.3 Å². The average Bonchev–Trinajstić information content (AvgIpc) is 3.19. The van der Waals surface area contributed by atoms with E-state index in [2.05, 4.69) is 10.4 Å². The number of likely N-dealkylation sites (tertiary alicyclic amines) is 1. The number of aliphatic hydroxyl groups is 1. The first kappa shape index (κ1) is 15.8. The fraction of sp³-hybridized carbons (Fsp3) is 0.474. The van der Waals surface area contributed by atoms with Crippen molar-refractivity contribution < 1.29 is 9.90 Å². The van der Waals surface area contributed by atoms with E-state index in [1.807, 2.05) is 23.1 Å². The average molecular weight is 342 g/mol. The van der Waals surface area contributed by atoms with E-state index < -0.39 is 6.10 Å². The maximum atomic E-state index is 12.9. The van der Waals surface area contributed by atoms with Gasteiger partial charge in [-0.25, -0.2) is 0 Å². The van der Waals surface area contributed by atoms with Crippen molar-refractivity contribution in [2.45, 2.75) is 38.2 Å². The number of β-amino-alcohol motifs (C(OH)–C–C–N with tert-alkyl or cyclic N) is 1. The van der Waals surface area contributed by atoms with Crippen LogP contribution in [0.2, 0.25) is 0 Å². The summed E-state index contributed by atoms with van der Waals surface area (Å²) in [6, 6.07) is 5.84. The van der Waals surface area contributed by atoms with Gasteiger partial charge in [0.15, 0.2) is 0 Å². The molecule has 0 radical (unpaired) electrons. The van der Waals surface area contributed by atoms with Crippen LogP contribution in [0.15, 0.2) is 29.8 Å². The number of hydrogen-bond acceptors (Lipinski definition) is 4. The zero-order valence-corrected chi connectivity index (χ0v) is 14.5. The largest absolute Gasteiger partial charge is 0.391 e. The Kier molecular flexibility index (Phi) is 4.37. The summed E-state index contributed by atoms with van der Waals surface area (Å²) >= 11 is 1.58. The van der Waals surface area contributed by atoms with Gasteiger partial charge in [0.05, 0.1) is 11.0 Å². The van der Waals surface area contributed by atoms with Gasteiger partial charge in [0, 0.05) is 30.9 Å². The number of aryl methyl sites for hydroxylation is 1. The molecule has 0 bridgehead atoms. The second-order valence-corrected chi connectivity index (χ2v) is 7.72. The lowest BCUT2D eigenvalue weighted by Crippen LogP contribution is -2.30. The molecule has 2 aliphatic rings. The monoisotopic (exact) mass is 342 g/mol. The van der Waals surface area contributed by atoms with E-state index in [0.29, 0.717) is 19.5 Å². The van der Waals surface area contributed by atoms with Gasteiger partial charge in [0.2, 0.25) is 0 Å². The van der Waals surface area contributed by atoms with Crippen LogP contribution in [-0.2, 0) is 19.3 Å². The topological polar surface area (TPSA) is 53.4 Å². The van der Waals surface area contributed by atoms with Gasteiger partial charge in [-0.1, -0.05) is 6.07 Å². The highest BCUT2D eigenvalue weighted by Crippen LogP contribution is 2.32. The fourth-order valence-corrected chi connectivity index (χ4v) is 4.98. The zero-order chi connectivity index (χ0) is 16.5. The minimum absolute atomic E-state index is 0.0691. The zero-order valence-electron chi connectivity index (χ0n) is 13.6. The van der Waals surface area contributed by atoms with Crippen LogP contribution in [0.25, 0.3) is 0 Å². The van der Waals surface area contributed by atoms with Crippen molar-refractivity contribution in [2.24, 2.45) is 5.92 Å². The second kappa shape index (κ2) is 6.65. The molecule has 0 unspecified atom stereocenters. The number of hydrogen-bond donors (Lipinski definition) is 1. The van der Waals surface area contributed by atoms with Gasteiger partial charge in [0.25, 0.3) is 5.91 Å². The van der Waals surface area contributed by atoms with E-state index >= 15 is 0 Å².